The molecule has 118 valence electrons. The summed E-state index contributed by atoms with van der Waals surface area (Å²) in [6, 6.07) is -0.925. The average Bonchev–Trinajstić information content (AvgIpc) is 3.00. The first kappa shape index (κ1) is 15.0. The van der Waals surface area contributed by atoms with E-state index in [0.29, 0.717) is 18.2 Å². The van der Waals surface area contributed by atoms with Gasteiger partial charge in [-0.05, 0) is 38.0 Å². The van der Waals surface area contributed by atoms with Gasteiger partial charge in [-0.3, -0.25) is 4.90 Å². The van der Waals surface area contributed by atoms with E-state index in [1.54, 1.807) is 16.7 Å². The Kier molecular flexibility index (Phi) is 4.59. The molecule has 6 nitrogen and oxygen atoms in total. The van der Waals surface area contributed by atoms with Crippen LogP contribution in [0.1, 0.15) is 32.1 Å². The molecule has 3 unspecified atom stereocenters. The van der Waals surface area contributed by atoms with Crippen molar-refractivity contribution in [1.82, 2.24) is 10.2 Å². The fraction of sp³-hybridized carbons (Fsp3) is 0.857. The van der Waals surface area contributed by atoms with E-state index in [9.17, 15) is 14.7 Å². The predicted octanol–water partition coefficient (Wildman–Crippen LogP) is 1.50. The number of carboxylic acids is 1. The Morgan fingerprint density at radius 2 is 2.14 bits per heavy atom. The molecule has 2 N–H and O–H groups in total. The van der Waals surface area contributed by atoms with E-state index in [2.05, 4.69) is 5.32 Å². The van der Waals surface area contributed by atoms with Gasteiger partial charge >= 0.3 is 12.0 Å². The van der Waals surface area contributed by atoms with Crippen LogP contribution in [0.4, 0.5) is 4.79 Å². The molecule has 2 aliphatic heterocycles. The number of rotatable bonds is 5. The van der Waals surface area contributed by atoms with Gasteiger partial charge in [0.05, 0.1) is 11.5 Å². The van der Waals surface area contributed by atoms with E-state index in [-0.39, 0.29) is 17.5 Å². The van der Waals surface area contributed by atoms with Gasteiger partial charge in [0.2, 0.25) is 0 Å². The van der Waals surface area contributed by atoms with Crippen LogP contribution in [-0.2, 0) is 9.53 Å². The summed E-state index contributed by atoms with van der Waals surface area (Å²) in [5.41, 5.74) is 0. The number of nitrogens with one attached hydrogen (secondary N) is 1. The fourth-order valence-electron chi connectivity index (χ4n) is 3.02. The van der Waals surface area contributed by atoms with Gasteiger partial charge in [-0.25, -0.2) is 9.59 Å². The van der Waals surface area contributed by atoms with Gasteiger partial charge in [-0.1, -0.05) is 0 Å². The molecule has 7 heteroatoms. The zero-order chi connectivity index (χ0) is 14.8. The molecule has 0 radical (unpaired) electrons. The minimum absolute atomic E-state index is 0.0360. The Morgan fingerprint density at radius 1 is 1.33 bits per heavy atom. The van der Waals surface area contributed by atoms with Gasteiger partial charge in [0.25, 0.3) is 0 Å². The average molecular weight is 314 g/mol. The summed E-state index contributed by atoms with van der Waals surface area (Å²) in [7, 11) is 0. The second-order valence-electron chi connectivity index (χ2n) is 5.98. The molecule has 0 aromatic rings. The first-order valence-corrected chi connectivity index (χ1v) is 8.74. The van der Waals surface area contributed by atoms with Crippen molar-refractivity contribution < 1.29 is 19.4 Å². The lowest BCUT2D eigenvalue weighted by Crippen LogP contribution is -2.51. The summed E-state index contributed by atoms with van der Waals surface area (Å²) in [5, 5.41) is 12.2. The van der Waals surface area contributed by atoms with Crippen LogP contribution in [0.5, 0.6) is 0 Å². The molecule has 3 fully saturated rings. The maximum absolute atomic E-state index is 12.4. The van der Waals surface area contributed by atoms with Gasteiger partial charge in [-0.2, -0.15) is 0 Å². The summed E-state index contributed by atoms with van der Waals surface area (Å²) < 4.78 is 5.53. The van der Waals surface area contributed by atoms with E-state index in [1.165, 1.54) is 0 Å². The van der Waals surface area contributed by atoms with Crippen molar-refractivity contribution in [1.29, 1.82) is 0 Å². The van der Waals surface area contributed by atoms with Crippen LogP contribution >= 0.6 is 11.8 Å². The molecular weight excluding hydrogens is 292 g/mol. The van der Waals surface area contributed by atoms with Crippen molar-refractivity contribution in [3.63, 3.8) is 0 Å². The third kappa shape index (κ3) is 3.45. The van der Waals surface area contributed by atoms with Crippen LogP contribution in [0.15, 0.2) is 0 Å². The van der Waals surface area contributed by atoms with Crippen molar-refractivity contribution in [2.24, 2.45) is 5.92 Å². The third-order valence-corrected chi connectivity index (χ3v) is 5.81. The molecule has 0 spiro atoms. The second kappa shape index (κ2) is 6.44. The van der Waals surface area contributed by atoms with E-state index in [1.807, 2.05) is 0 Å². The van der Waals surface area contributed by atoms with Gasteiger partial charge < -0.3 is 15.2 Å². The minimum atomic E-state index is -0.903. The third-order valence-electron chi connectivity index (χ3n) is 4.35. The normalized spacial score (nSPS) is 32.4. The highest BCUT2D eigenvalue weighted by atomic mass is 32.2. The highest BCUT2D eigenvalue weighted by Crippen LogP contribution is 2.45. The summed E-state index contributed by atoms with van der Waals surface area (Å²) in [6.07, 6.45) is 5.39. The topological polar surface area (TPSA) is 78.9 Å². The highest BCUT2D eigenvalue weighted by Gasteiger charge is 2.48. The standard InChI is InChI=1S/C14H22N2O4S/c17-13(18)11-8-21-12(9-3-4-9)16(11)14(19)15-6-5-10-2-1-7-20-10/h9-12H,1-8H2,(H,15,19)(H,17,18). The van der Waals surface area contributed by atoms with Crippen LogP contribution in [-0.4, -0.2) is 58.4 Å². The van der Waals surface area contributed by atoms with Crippen LogP contribution < -0.4 is 5.32 Å². The Balaban J connectivity index is 1.53. The summed E-state index contributed by atoms with van der Waals surface area (Å²) in [5.74, 6) is 0.0681. The maximum atomic E-state index is 12.4. The van der Waals surface area contributed by atoms with Crippen LogP contribution in [0.2, 0.25) is 0 Å². The highest BCUT2D eigenvalue weighted by molar-refractivity contribution is 8.00. The lowest BCUT2D eigenvalue weighted by Gasteiger charge is -2.27. The van der Waals surface area contributed by atoms with Crippen molar-refractivity contribution in [3.05, 3.63) is 0 Å². The SMILES string of the molecule is O=C(O)C1CSC(C2CC2)N1C(=O)NCCC1CCCO1. The molecule has 0 aromatic carbocycles. The number of nitrogens with zero attached hydrogens (tertiary/aromatic N) is 1. The van der Waals surface area contributed by atoms with Gasteiger partial charge in [-0.15, -0.1) is 11.8 Å². The summed E-state index contributed by atoms with van der Waals surface area (Å²) >= 11 is 1.60. The Hall–Kier alpha value is -0.950. The Labute approximate surface area is 128 Å². The quantitative estimate of drug-likeness (QED) is 0.804. The predicted molar refractivity (Wildman–Crippen MR) is 79.2 cm³/mol. The van der Waals surface area contributed by atoms with E-state index < -0.39 is 12.0 Å². The molecule has 3 aliphatic rings. The molecule has 1 aliphatic carbocycles. The molecule has 2 amide bonds. The smallest absolute Gasteiger partial charge is 0.327 e. The van der Waals surface area contributed by atoms with Crippen molar-refractivity contribution >= 4 is 23.8 Å². The molecule has 2 heterocycles. The molecule has 3 atom stereocenters. The lowest BCUT2D eigenvalue weighted by molar-refractivity contribution is -0.141. The van der Waals surface area contributed by atoms with Gasteiger partial charge in [0.15, 0.2) is 0 Å². The van der Waals surface area contributed by atoms with E-state index >= 15 is 0 Å². The number of carbonyl (C=O) groups is 2. The maximum Gasteiger partial charge on any atom is 0.327 e. The van der Waals surface area contributed by atoms with Crippen molar-refractivity contribution in [2.75, 3.05) is 18.9 Å². The number of thioether (sulfide) groups is 1. The zero-order valence-corrected chi connectivity index (χ0v) is 12.8. The first-order chi connectivity index (χ1) is 10.2. The number of carboxylic acid groups (broad SMARTS) is 1. The number of ether oxygens (including phenoxy) is 1. The van der Waals surface area contributed by atoms with Crippen LogP contribution in [0.3, 0.4) is 0 Å². The number of amides is 2. The molecule has 0 aromatic heterocycles. The Morgan fingerprint density at radius 3 is 2.76 bits per heavy atom. The molecule has 0 bridgehead atoms. The van der Waals surface area contributed by atoms with E-state index in [0.717, 1.165) is 38.7 Å². The largest absolute Gasteiger partial charge is 0.480 e. The molecular formula is C14H22N2O4S. The molecule has 3 rings (SSSR count). The second-order valence-corrected chi connectivity index (χ2v) is 7.13. The lowest BCUT2D eigenvalue weighted by atomic mass is 10.2. The molecule has 2 saturated heterocycles. The summed E-state index contributed by atoms with van der Waals surface area (Å²) in [6.45, 7) is 1.36. The molecule has 21 heavy (non-hydrogen) atoms. The number of hydrogen-bond acceptors (Lipinski definition) is 4. The zero-order valence-electron chi connectivity index (χ0n) is 12.0. The van der Waals surface area contributed by atoms with E-state index in [4.69, 9.17) is 4.74 Å². The minimum Gasteiger partial charge on any atom is -0.480 e. The monoisotopic (exact) mass is 314 g/mol. The van der Waals surface area contributed by atoms with Gasteiger partial charge in [0, 0.05) is 18.9 Å². The van der Waals surface area contributed by atoms with Crippen LogP contribution in [0, 0.1) is 5.92 Å². The summed E-state index contributed by atoms with van der Waals surface area (Å²) in [4.78, 5) is 25.3. The van der Waals surface area contributed by atoms with Crippen molar-refractivity contribution in [3.8, 4) is 0 Å². The Bertz CT molecular complexity index is 410. The molecule has 1 saturated carbocycles. The van der Waals surface area contributed by atoms with Gasteiger partial charge in [0.1, 0.15) is 6.04 Å². The first-order valence-electron chi connectivity index (χ1n) is 7.69. The fourth-order valence-corrected chi connectivity index (χ4v) is 4.65. The number of carbonyl (C=O) groups excluding carboxylic acids is 1. The number of aliphatic carboxylic acids is 1. The number of hydrogen-bond donors (Lipinski definition) is 2. The van der Waals surface area contributed by atoms with Crippen molar-refractivity contribution in [2.45, 2.75) is 49.6 Å². The number of urea groups is 1. The van der Waals surface area contributed by atoms with Crippen LogP contribution in [0.25, 0.3) is 0 Å².